The first-order valence-corrected chi connectivity index (χ1v) is 9.99. The van der Waals surface area contributed by atoms with E-state index in [1.165, 1.54) is 10.6 Å². The van der Waals surface area contributed by atoms with Gasteiger partial charge in [-0.05, 0) is 31.6 Å². The molecule has 0 aromatic carbocycles. The summed E-state index contributed by atoms with van der Waals surface area (Å²) in [4.78, 5) is 8.62. The summed E-state index contributed by atoms with van der Waals surface area (Å²) in [7, 11) is 2.16. The Balaban J connectivity index is 2.83. The summed E-state index contributed by atoms with van der Waals surface area (Å²) in [5.74, 6) is 2.30. The number of anilines is 1. The minimum Gasteiger partial charge on any atom is -0.348 e. The summed E-state index contributed by atoms with van der Waals surface area (Å²) in [5.41, 5.74) is 1.26. The fraction of sp³-hybridized carbons (Fsp3) is 0.812. The molecular formula is C16H31N3S2. The number of nitrogens with one attached hydrogen (secondary N) is 1. The topological polar surface area (TPSA) is 28.2 Å². The van der Waals surface area contributed by atoms with Gasteiger partial charge in [-0.3, -0.25) is 0 Å². The number of thioether (sulfide) groups is 1. The molecule has 0 bridgehead atoms. The maximum atomic E-state index is 4.91. The summed E-state index contributed by atoms with van der Waals surface area (Å²) in [6, 6.07) is 0.516. The third-order valence-corrected chi connectivity index (χ3v) is 5.45. The lowest BCUT2D eigenvalue weighted by Gasteiger charge is -2.23. The second-order valence-corrected chi connectivity index (χ2v) is 8.37. The molecule has 122 valence electrons. The highest BCUT2D eigenvalue weighted by Gasteiger charge is 2.19. The molecule has 0 saturated carbocycles. The van der Waals surface area contributed by atoms with Crippen LogP contribution in [-0.2, 0) is 6.54 Å². The van der Waals surface area contributed by atoms with Gasteiger partial charge in [-0.25, -0.2) is 4.98 Å². The molecule has 1 atom stereocenters. The van der Waals surface area contributed by atoms with E-state index < -0.39 is 0 Å². The van der Waals surface area contributed by atoms with Gasteiger partial charge in [0.25, 0.3) is 0 Å². The molecule has 0 amide bonds. The third kappa shape index (κ3) is 5.80. The van der Waals surface area contributed by atoms with Crippen molar-refractivity contribution in [1.29, 1.82) is 0 Å². The van der Waals surface area contributed by atoms with E-state index in [0.717, 1.165) is 24.0 Å². The Hall–Kier alpha value is -0.260. The Morgan fingerprint density at radius 2 is 1.90 bits per heavy atom. The monoisotopic (exact) mass is 329 g/mol. The molecule has 1 rings (SSSR count). The predicted molar refractivity (Wildman–Crippen MR) is 99.0 cm³/mol. The Bertz CT molecular complexity index is 416. The minimum atomic E-state index is 0.482. The SMILES string of the molecule is CSCC(C)N(C)c1nc(C(C)C)c(CNCC(C)C)s1. The van der Waals surface area contributed by atoms with Crippen molar-refractivity contribution in [2.24, 2.45) is 5.92 Å². The van der Waals surface area contributed by atoms with Gasteiger partial charge in [-0.15, -0.1) is 11.3 Å². The Labute approximate surface area is 138 Å². The zero-order chi connectivity index (χ0) is 16.0. The summed E-state index contributed by atoms with van der Waals surface area (Å²) >= 11 is 3.73. The molecule has 1 aromatic rings. The molecule has 1 heterocycles. The Morgan fingerprint density at radius 3 is 2.43 bits per heavy atom. The molecule has 0 fully saturated rings. The average Bonchev–Trinajstić information content (AvgIpc) is 2.82. The molecule has 1 unspecified atom stereocenters. The molecule has 1 aromatic heterocycles. The van der Waals surface area contributed by atoms with Crippen molar-refractivity contribution >= 4 is 28.2 Å². The van der Waals surface area contributed by atoms with Crippen LogP contribution in [0.25, 0.3) is 0 Å². The van der Waals surface area contributed by atoms with Crippen molar-refractivity contribution in [3.63, 3.8) is 0 Å². The van der Waals surface area contributed by atoms with Crippen LogP contribution in [0.5, 0.6) is 0 Å². The van der Waals surface area contributed by atoms with Gasteiger partial charge in [0.15, 0.2) is 5.13 Å². The van der Waals surface area contributed by atoms with Crippen molar-refractivity contribution in [3.8, 4) is 0 Å². The van der Waals surface area contributed by atoms with Gasteiger partial charge in [0.2, 0.25) is 0 Å². The number of hydrogen-bond acceptors (Lipinski definition) is 5. The maximum Gasteiger partial charge on any atom is 0.185 e. The molecule has 1 N–H and O–H groups in total. The summed E-state index contributed by atoms with van der Waals surface area (Å²) in [6.07, 6.45) is 2.16. The highest BCUT2D eigenvalue weighted by atomic mass is 32.2. The third-order valence-electron chi connectivity index (χ3n) is 3.47. The number of aromatic nitrogens is 1. The van der Waals surface area contributed by atoms with Crippen LogP contribution in [-0.4, -0.2) is 36.6 Å². The quantitative estimate of drug-likeness (QED) is 0.735. The summed E-state index contributed by atoms with van der Waals surface area (Å²) in [6.45, 7) is 13.2. The Morgan fingerprint density at radius 1 is 1.24 bits per heavy atom. The smallest absolute Gasteiger partial charge is 0.185 e. The second kappa shape index (κ2) is 9.01. The Kier molecular flexibility index (Phi) is 8.06. The summed E-state index contributed by atoms with van der Waals surface area (Å²) < 4.78 is 0. The van der Waals surface area contributed by atoms with Crippen molar-refractivity contribution in [2.75, 3.05) is 30.5 Å². The van der Waals surface area contributed by atoms with Gasteiger partial charge in [-0.2, -0.15) is 11.8 Å². The number of thiazole rings is 1. The van der Waals surface area contributed by atoms with E-state index in [-0.39, 0.29) is 0 Å². The number of hydrogen-bond donors (Lipinski definition) is 1. The van der Waals surface area contributed by atoms with Crippen LogP contribution in [0.3, 0.4) is 0 Å². The van der Waals surface area contributed by atoms with Crippen molar-refractivity contribution in [1.82, 2.24) is 10.3 Å². The molecule has 0 aliphatic heterocycles. The van der Waals surface area contributed by atoms with Gasteiger partial charge in [0.1, 0.15) is 0 Å². The number of rotatable bonds is 9. The highest BCUT2D eigenvalue weighted by Crippen LogP contribution is 2.31. The zero-order valence-electron chi connectivity index (χ0n) is 14.6. The van der Waals surface area contributed by atoms with Crippen LogP contribution < -0.4 is 10.2 Å². The van der Waals surface area contributed by atoms with E-state index in [4.69, 9.17) is 4.98 Å². The van der Waals surface area contributed by atoms with Crippen molar-refractivity contribution in [2.45, 2.75) is 53.1 Å². The molecule has 5 heteroatoms. The van der Waals surface area contributed by atoms with Crippen LogP contribution >= 0.6 is 23.1 Å². The van der Waals surface area contributed by atoms with Crippen LogP contribution in [0, 0.1) is 5.92 Å². The predicted octanol–water partition coefficient (Wildman–Crippen LogP) is 4.20. The van der Waals surface area contributed by atoms with Crippen LogP contribution in [0.1, 0.15) is 51.1 Å². The van der Waals surface area contributed by atoms with Crippen molar-refractivity contribution in [3.05, 3.63) is 10.6 Å². The first-order valence-electron chi connectivity index (χ1n) is 7.78. The lowest BCUT2D eigenvalue weighted by molar-refractivity contribution is 0.552. The van der Waals surface area contributed by atoms with E-state index in [1.807, 2.05) is 23.1 Å². The fourth-order valence-corrected chi connectivity index (χ4v) is 4.05. The lowest BCUT2D eigenvalue weighted by Crippen LogP contribution is -2.30. The van der Waals surface area contributed by atoms with Gasteiger partial charge in [-0.1, -0.05) is 27.7 Å². The zero-order valence-corrected chi connectivity index (χ0v) is 16.2. The molecule has 0 aliphatic rings. The van der Waals surface area contributed by atoms with E-state index in [9.17, 15) is 0 Å². The van der Waals surface area contributed by atoms with E-state index >= 15 is 0 Å². The van der Waals surface area contributed by atoms with Crippen LogP contribution in [0.4, 0.5) is 5.13 Å². The molecule has 0 saturated heterocycles. The van der Waals surface area contributed by atoms with Gasteiger partial charge < -0.3 is 10.2 Å². The number of nitrogens with zero attached hydrogens (tertiary/aromatic N) is 2. The summed E-state index contributed by atoms with van der Waals surface area (Å²) in [5, 5.41) is 4.71. The molecule has 0 radical (unpaired) electrons. The molecule has 3 nitrogen and oxygen atoms in total. The highest BCUT2D eigenvalue weighted by molar-refractivity contribution is 7.98. The average molecular weight is 330 g/mol. The van der Waals surface area contributed by atoms with Gasteiger partial charge in [0.05, 0.1) is 5.69 Å². The molecule has 0 spiro atoms. The standard InChI is InChI=1S/C16H31N3S2/c1-11(2)8-17-9-14-15(12(3)4)18-16(21-14)19(6)13(5)10-20-7/h11-13,17H,8-10H2,1-7H3. The molecule has 0 aliphatic carbocycles. The molecule has 21 heavy (non-hydrogen) atoms. The first-order chi connectivity index (χ1) is 9.86. The maximum absolute atomic E-state index is 4.91. The second-order valence-electron chi connectivity index (χ2n) is 6.40. The molecular weight excluding hydrogens is 298 g/mol. The normalized spacial score (nSPS) is 13.2. The van der Waals surface area contributed by atoms with Crippen LogP contribution in [0.15, 0.2) is 0 Å². The minimum absolute atomic E-state index is 0.482. The van der Waals surface area contributed by atoms with Gasteiger partial charge in [0, 0.05) is 30.3 Å². The largest absolute Gasteiger partial charge is 0.348 e. The van der Waals surface area contributed by atoms with E-state index in [2.05, 4.69) is 58.1 Å². The first kappa shape index (κ1) is 18.8. The van der Waals surface area contributed by atoms with Gasteiger partial charge >= 0.3 is 0 Å². The van der Waals surface area contributed by atoms with E-state index in [0.29, 0.717) is 17.9 Å². The fourth-order valence-electron chi connectivity index (χ4n) is 2.10. The van der Waals surface area contributed by atoms with Crippen LogP contribution in [0.2, 0.25) is 0 Å². The van der Waals surface area contributed by atoms with E-state index in [1.54, 1.807) is 0 Å². The lowest BCUT2D eigenvalue weighted by atomic mass is 10.1. The van der Waals surface area contributed by atoms with Crippen molar-refractivity contribution < 1.29 is 0 Å².